The third kappa shape index (κ3) is 6.79. The second kappa shape index (κ2) is 10.8. The summed E-state index contributed by atoms with van der Waals surface area (Å²) in [5.74, 6) is -0.423. The average molecular weight is 388 g/mol. The van der Waals surface area contributed by atoms with Gasteiger partial charge >= 0.3 is 5.97 Å². The molecular weight excluding hydrogens is 364 g/mol. The molecule has 0 saturated heterocycles. The van der Waals surface area contributed by atoms with Gasteiger partial charge in [-0.05, 0) is 43.2 Å². The van der Waals surface area contributed by atoms with Crippen molar-refractivity contribution in [2.75, 3.05) is 20.2 Å². The molecule has 8 heteroatoms. The molecule has 1 atom stereocenters. The number of benzene rings is 1. The lowest BCUT2D eigenvalue weighted by Crippen LogP contribution is -2.37. The molecule has 0 spiro atoms. The van der Waals surface area contributed by atoms with Gasteiger partial charge in [0.15, 0.2) is 11.9 Å². The van der Waals surface area contributed by atoms with Crippen molar-refractivity contribution >= 4 is 17.8 Å². The van der Waals surface area contributed by atoms with Crippen LogP contribution in [0, 0.1) is 0 Å². The maximum atomic E-state index is 12.0. The fraction of sp³-hybridized carbons (Fsp3) is 0.350. The van der Waals surface area contributed by atoms with Gasteiger partial charge in [0.2, 0.25) is 0 Å². The lowest BCUT2D eigenvalue weighted by Gasteiger charge is -2.13. The number of carbonyl (C=O) groups is 3. The first-order valence-electron chi connectivity index (χ1n) is 8.91. The Labute approximate surface area is 163 Å². The first-order valence-corrected chi connectivity index (χ1v) is 8.91. The van der Waals surface area contributed by atoms with Crippen molar-refractivity contribution in [2.45, 2.75) is 25.9 Å². The van der Waals surface area contributed by atoms with E-state index in [0.717, 1.165) is 11.3 Å². The van der Waals surface area contributed by atoms with E-state index in [4.69, 9.17) is 13.9 Å². The number of furan rings is 1. The molecule has 2 amide bonds. The summed E-state index contributed by atoms with van der Waals surface area (Å²) in [6, 6.07) is 10.7. The summed E-state index contributed by atoms with van der Waals surface area (Å²) >= 11 is 0. The smallest absolute Gasteiger partial charge is 0.308 e. The van der Waals surface area contributed by atoms with Crippen molar-refractivity contribution in [3.63, 3.8) is 0 Å². The van der Waals surface area contributed by atoms with Crippen LogP contribution in [0.5, 0.6) is 5.75 Å². The summed E-state index contributed by atoms with van der Waals surface area (Å²) in [5.41, 5.74) is 1.05. The van der Waals surface area contributed by atoms with Crippen LogP contribution in [0.2, 0.25) is 0 Å². The quantitative estimate of drug-likeness (QED) is 0.600. The number of hydrogen-bond acceptors (Lipinski definition) is 6. The van der Waals surface area contributed by atoms with Gasteiger partial charge < -0.3 is 24.5 Å². The fourth-order valence-corrected chi connectivity index (χ4v) is 2.35. The van der Waals surface area contributed by atoms with Crippen molar-refractivity contribution in [3.05, 3.63) is 54.0 Å². The Balaban J connectivity index is 1.62. The third-order valence-electron chi connectivity index (χ3n) is 3.91. The Kier molecular flexibility index (Phi) is 8.08. The third-order valence-corrected chi connectivity index (χ3v) is 3.91. The SMILES string of the molecule is COc1ccc(CCNC(=O)C(C)OC(=O)CCNC(=O)c2ccco2)cc1. The maximum Gasteiger partial charge on any atom is 0.308 e. The van der Waals surface area contributed by atoms with E-state index in [0.29, 0.717) is 13.0 Å². The molecule has 1 aromatic carbocycles. The van der Waals surface area contributed by atoms with E-state index in [-0.39, 0.29) is 24.6 Å². The highest BCUT2D eigenvalue weighted by atomic mass is 16.5. The molecule has 2 rings (SSSR count). The second-order valence-corrected chi connectivity index (χ2v) is 6.00. The predicted molar refractivity (Wildman–Crippen MR) is 101 cm³/mol. The number of esters is 1. The van der Waals surface area contributed by atoms with E-state index < -0.39 is 18.0 Å². The molecule has 0 radical (unpaired) electrons. The second-order valence-electron chi connectivity index (χ2n) is 6.00. The molecular formula is C20H24N2O6. The molecule has 0 aliphatic heterocycles. The zero-order valence-electron chi connectivity index (χ0n) is 15.9. The van der Waals surface area contributed by atoms with Gasteiger partial charge in [0.25, 0.3) is 11.8 Å². The Morgan fingerprint density at radius 2 is 1.82 bits per heavy atom. The first kappa shape index (κ1) is 21.0. The number of methoxy groups -OCH3 is 1. The molecule has 1 unspecified atom stereocenters. The van der Waals surface area contributed by atoms with Gasteiger partial charge in [0.05, 0.1) is 19.8 Å². The lowest BCUT2D eigenvalue weighted by atomic mass is 10.1. The summed E-state index contributed by atoms with van der Waals surface area (Å²) in [6.45, 7) is 2.01. The molecule has 150 valence electrons. The summed E-state index contributed by atoms with van der Waals surface area (Å²) in [4.78, 5) is 35.5. The molecule has 28 heavy (non-hydrogen) atoms. The largest absolute Gasteiger partial charge is 0.497 e. The van der Waals surface area contributed by atoms with E-state index in [1.807, 2.05) is 24.3 Å². The highest BCUT2D eigenvalue weighted by Crippen LogP contribution is 2.11. The molecule has 2 N–H and O–H groups in total. The molecule has 8 nitrogen and oxygen atoms in total. The minimum Gasteiger partial charge on any atom is -0.497 e. The molecule has 2 aromatic rings. The molecule has 0 saturated carbocycles. The van der Waals surface area contributed by atoms with Crippen LogP contribution in [0.1, 0.15) is 29.5 Å². The topological polar surface area (TPSA) is 107 Å². The van der Waals surface area contributed by atoms with Gasteiger partial charge in [-0.1, -0.05) is 12.1 Å². The average Bonchev–Trinajstić information content (AvgIpc) is 3.23. The highest BCUT2D eigenvalue weighted by molar-refractivity contribution is 5.91. The Morgan fingerprint density at radius 3 is 2.46 bits per heavy atom. The minimum absolute atomic E-state index is 0.0457. The minimum atomic E-state index is -0.913. The van der Waals surface area contributed by atoms with Crippen LogP contribution < -0.4 is 15.4 Å². The summed E-state index contributed by atoms with van der Waals surface area (Å²) in [5, 5.41) is 5.26. The Hall–Kier alpha value is -3.29. The number of nitrogens with one attached hydrogen (secondary N) is 2. The number of carbonyl (C=O) groups excluding carboxylic acids is 3. The monoisotopic (exact) mass is 388 g/mol. The summed E-state index contributed by atoms with van der Waals surface area (Å²) in [7, 11) is 1.60. The number of hydrogen-bond donors (Lipinski definition) is 2. The van der Waals surface area contributed by atoms with Crippen molar-refractivity contribution in [1.82, 2.24) is 10.6 Å². The fourth-order valence-electron chi connectivity index (χ4n) is 2.35. The van der Waals surface area contributed by atoms with Crippen LogP contribution in [-0.2, 0) is 20.7 Å². The van der Waals surface area contributed by atoms with Gasteiger partial charge in [-0.25, -0.2) is 0 Å². The molecule has 0 fully saturated rings. The van der Waals surface area contributed by atoms with Crippen LogP contribution in [0.15, 0.2) is 47.1 Å². The van der Waals surface area contributed by atoms with Gasteiger partial charge in [0.1, 0.15) is 5.75 Å². The molecule has 0 aliphatic carbocycles. The van der Waals surface area contributed by atoms with Crippen molar-refractivity contribution in [3.8, 4) is 5.75 Å². The van der Waals surface area contributed by atoms with E-state index in [9.17, 15) is 14.4 Å². The lowest BCUT2D eigenvalue weighted by molar-refractivity contribution is -0.154. The number of ether oxygens (including phenoxy) is 2. The zero-order chi connectivity index (χ0) is 20.4. The Morgan fingerprint density at radius 1 is 1.07 bits per heavy atom. The van der Waals surface area contributed by atoms with Crippen LogP contribution in [0.4, 0.5) is 0 Å². The highest BCUT2D eigenvalue weighted by Gasteiger charge is 2.17. The van der Waals surface area contributed by atoms with E-state index >= 15 is 0 Å². The van der Waals surface area contributed by atoms with E-state index in [1.165, 1.54) is 19.3 Å². The van der Waals surface area contributed by atoms with Crippen LogP contribution >= 0.6 is 0 Å². The molecule has 1 heterocycles. The van der Waals surface area contributed by atoms with E-state index in [1.54, 1.807) is 13.2 Å². The van der Waals surface area contributed by atoms with Gasteiger partial charge in [-0.15, -0.1) is 0 Å². The predicted octanol–water partition coefficient (Wildman–Crippen LogP) is 1.70. The zero-order valence-corrected chi connectivity index (χ0v) is 15.9. The van der Waals surface area contributed by atoms with Crippen molar-refractivity contribution in [2.24, 2.45) is 0 Å². The van der Waals surface area contributed by atoms with Crippen molar-refractivity contribution < 1.29 is 28.3 Å². The van der Waals surface area contributed by atoms with Crippen LogP contribution in [-0.4, -0.2) is 44.1 Å². The van der Waals surface area contributed by atoms with Crippen LogP contribution in [0.25, 0.3) is 0 Å². The van der Waals surface area contributed by atoms with Gasteiger partial charge in [0, 0.05) is 13.1 Å². The number of amides is 2. The molecule has 0 aliphatic rings. The molecule has 1 aromatic heterocycles. The summed E-state index contributed by atoms with van der Waals surface area (Å²) < 4.78 is 15.1. The van der Waals surface area contributed by atoms with Gasteiger partial charge in [-0.2, -0.15) is 0 Å². The molecule has 0 bridgehead atoms. The van der Waals surface area contributed by atoms with Gasteiger partial charge in [-0.3, -0.25) is 14.4 Å². The van der Waals surface area contributed by atoms with Crippen LogP contribution in [0.3, 0.4) is 0 Å². The number of rotatable bonds is 10. The normalized spacial score (nSPS) is 11.4. The van der Waals surface area contributed by atoms with E-state index in [2.05, 4.69) is 10.6 Å². The Bertz CT molecular complexity index is 771. The summed E-state index contributed by atoms with van der Waals surface area (Å²) in [6.07, 6.45) is 1.08. The standard InChI is InChI=1S/C20H24N2O6/c1-14(19(24)21-11-9-15-5-7-16(26-2)8-6-15)28-18(23)10-12-22-20(25)17-4-3-13-27-17/h3-8,13-14H,9-12H2,1-2H3,(H,21,24)(H,22,25). The maximum absolute atomic E-state index is 12.0. The van der Waals surface area contributed by atoms with Crippen molar-refractivity contribution in [1.29, 1.82) is 0 Å². The first-order chi connectivity index (χ1) is 13.5.